The number of para-hydroxylation sites is 1. The van der Waals surface area contributed by atoms with Crippen LogP contribution in [0.3, 0.4) is 0 Å². The van der Waals surface area contributed by atoms with Gasteiger partial charge in [0, 0.05) is 27.4 Å². The number of rotatable bonds is 1. The van der Waals surface area contributed by atoms with E-state index in [1.807, 2.05) is 48.5 Å². The summed E-state index contributed by atoms with van der Waals surface area (Å²) in [6.07, 6.45) is 0. The second-order valence-electron chi connectivity index (χ2n) is 7.25. The maximum atomic E-state index is 15.2. The summed E-state index contributed by atoms with van der Waals surface area (Å²) in [4.78, 5) is 3.55. The van der Waals surface area contributed by atoms with Gasteiger partial charge in [-0.05, 0) is 45.8 Å². The van der Waals surface area contributed by atoms with Crippen LogP contribution in [0.1, 0.15) is 0 Å². The van der Waals surface area contributed by atoms with Crippen molar-refractivity contribution in [3.8, 4) is 11.1 Å². The van der Waals surface area contributed by atoms with Crippen molar-refractivity contribution in [2.75, 3.05) is 0 Å². The van der Waals surface area contributed by atoms with E-state index in [1.54, 1.807) is 6.07 Å². The van der Waals surface area contributed by atoms with Crippen LogP contribution in [0.5, 0.6) is 0 Å². The number of aromatic amines is 1. The van der Waals surface area contributed by atoms with E-state index in [-0.39, 0.29) is 5.82 Å². The van der Waals surface area contributed by atoms with Crippen LogP contribution in [0.2, 0.25) is 0 Å². The fourth-order valence-electron chi connectivity index (χ4n) is 4.33. The Kier molecular flexibility index (Phi) is 3.12. The van der Waals surface area contributed by atoms with E-state index in [4.69, 9.17) is 0 Å². The fraction of sp³-hybridized carbons (Fsp3) is 0. The molecule has 6 aromatic rings. The van der Waals surface area contributed by atoms with Crippen molar-refractivity contribution in [2.24, 2.45) is 0 Å². The van der Waals surface area contributed by atoms with Crippen molar-refractivity contribution in [1.82, 2.24) is 4.98 Å². The van der Waals surface area contributed by atoms with Crippen molar-refractivity contribution >= 4 is 43.4 Å². The molecule has 0 saturated heterocycles. The number of halogens is 1. The Morgan fingerprint density at radius 3 is 2.00 bits per heavy atom. The SMILES string of the molecule is Fc1cc2ccccc2cc1-c1cc2ccccc2c2c1[nH]c1ccccc12. The summed E-state index contributed by atoms with van der Waals surface area (Å²) in [6, 6.07) is 30.2. The monoisotopic (exact) mass is 361 g/mol. The fourth-order valence-corrected chi connectivity index (χ4v) is 4.33. The normalized spacial score (nSPS) is 11.8. The molecule has 0 aliphatic carbocycles. The molecule has 0 spiro atoms. The van der Waals surface area contributed by atoms with Crippen molar-refractivity contribution in [2.45, 2.75) is 0 Å². The summed E-state index contributed by atoms with van der Waals surface area (Å²) in [6.45, 7) is 0. The average Bonchev–Trinajstić information content (AvgIpc) is 3.13. The van der Waals surface area contributed by atoms with Crippen LogP contribution in [-0.4, -0.2) is 4.98 Å². The lowest BCUT2D eigenvalue weighted by Gasteiger charge is -2.10. The second-order valence-corrected chi connectivity index (χ2v) is 7.25. The number of fused-ring (bicyclic) bond motifs is 6. The van der Waals surface area contributed by atoms with Crippen molar-refractivity contribution < 1.29 is 4.39 Å². The second kappa shape index (κ2) is 5.67. The molecule has 0 aliphatic rings. The summed E-state index contributed by atoms with van der Waals surface area (Å²) in [5, 5.41) is 6.56. The van der Waals surface area contributed by atoms with Gasteiger partial charge in [-0.3, -0.25) is 0 Å². The largest absolute Gasteiger partial charge is 0.354 e. The molecule has 0 amide bonds. The molecule has 0 radical (unpaired) electrons. The molecule has 0 atom stereocenters. The van der Waals surface area contributed by atoms with Crippen LogP contribution in [0.4, 0.5) is 4.39 Å². The van der Waals surface area contributed by atoms with Gasteiger partial charge in [0.15, 0.2) is 0 Å². The third-order valence-corrected chi connectivity index (χ3v) is 5.63. The molecule has 0 saturated carbocycles. The summed E-state index contributed by atoms with van der Waals surface area (Å²) >= 11 is 0. The molecule has 1 nitrogen and oxygen atoms in total. The van der Waals surface area contributed by atoms with Crippen LogP contribution in [0, 0.1) is 5.82 Å². The highest BCUT2D eigenvalue weighted by molar-refractivity contribution is 6.24. The zero-order valence-electron chi connectivity index (χ0n) is 15.0. The topological polar surface area (TPSA) is 15.8 Å². The Morgan fingerprint density at radius 2 is 1.18 bits per heavy atom. The van der Waals surface area contributed by atoms with Gasteiger partial charge in [-0.25, -0.2) is 4.39 Å². The smallest absolute Gasteiger partial charge is 0.131 e. The zero-order valence-corrected chi connectivity index (χ0v) is 15.0. The molecular weight excluding hydrogens is 345 g/mol. The maximum absolute atomic E-state index is 15.2. The summed E-state index contributed by atoms with van der Waals surface area (Å²) in [7, 11) is 0. The van der Waals surface area contributed by atoms with E-state index >= 15 is 4.39 Å². The highest BCUT2D eigenvalue weighted by Gasteiger charge is 2.16. The number of nitrogens with one attached hydrogen (secondary N) is 1. The van der Waals surface area contributed by atoms with E-state index in [9.17, 15) is 0 Å². The Bertz CT molecular complexity index is 1520. The highest BCUT2D eigenvalue weighted by atomic mass is 19.1. The third-order valence-electron chi connectivity index (χ3n) is 5.63. The lowest BCUT2D eigenvalue weighted by Crippen LogP contribution is -1.88. The molecule has 28 heavy (non-hydrogen) atoms. The van der Waals surface area contributed by atoms with Crippen molar-refractivity contribution in [1.29, 1.82) is 0 Å². The molecule has 5 aromatic carbocycles. The van der Waals surface area contributed by atoms with Gasteiger partial charge >= 0.3 is 0 Å². The molecule has 1 heterocycles. The number of hydrogen-bond donors (Lipinski definition) is 1. The quantitative estimate of drug-likeness (QED) is 0.313. The first-order valence-corrected chi connectivity index (χ1v) is 9.40. The number of aromatic nitrogens is 1. The van der Waals surface area contributed by atoms with Crippen LogP contribution in [-0.2, 0) is 0 Å². The molecule has 1 aromatic heterocycles. The lowest BCUT2D eigenvalue weighted by molar-refractivity contribution is 0.633. The number of H-pyrrole nitrogens is 1. The average molecular weight is 361 g/mol. The van der Waals surface area contributed by atoms with Gasteiger partial charge in [-0.2, -0.15) is 0 Å². The Balaban J connectivity index is 1.82. The summed E-state index contributed by atoms with van der Waals surface area (Å²) in [5.74, 6) is -0.200. The number of hydrogen-bond acceptors (Lipinski definition) is 0. The van der Waals surface area contributed by atoms with Crippen molar-refractivity contribution in [3.63, 3.8) is 0 Å². The third kappa shape index (κ3) is 2.12. The van der Waals surface area contributed by atoms with Crippen LogP contribution in [0.25, 0.3) is 54.5 Å². The van der Waals surface area contributed by atoms with Crippen LogP contribution >= 0.6 is 0 Å². The van der Waals surface area contributed by atoms with Gasteiger partial charge in [-0.15, -0.1) is 0 Å². The van der Waals surface area contributed by atoms with Crippen molar-refractivity contribution in [3.05, 3.63) is 96.8 Å². The molecule has 2 heteroatoms. The number of benzene rings is 5. The maximum Gasteiger partial charge on any atom is 0.131 e. The van der Waals surface area contributed by atoms with Gasteiger partial charge < -0.3 is 4.98 Å². The molecule has 132 valence electrons. The summed E-state index contributed by atoms with van der Waals surface area (Å²) < 4.78 is 15.2. The first-order valence-electron chi connectivity index (χ1n) is 9.40. The Hall–Kier alpha value is -3.65. The Morgan fingerprint density at radius 1 is 0.571 bits per heavy atom. The summed E-state index contributed by atoms with van der Waals surface area (Å²) in [5.41, 5.74) is 3.57. The minimum atomic E-state index is -0.200. The molecular formula is C26H16FN. The lowest BCUT2D eigenvalue weighted by atomic mass is 9.94. The van der Waals surface area contributed by atoms with Crippen LogP contribution in [0.15, 0.2) is 91.0 Å². The van der Waals surface area contributed by atoms with Gasteiger partial charge in [0.1, 0.15) is 5.82 Å². The minimum absolute atomic E-state index is 0.200. The molecule has 0 unspecified atom stereocenters. The molecule has 0 bridgehead atoms. The van der Waals surface area contributed by atoms with E-state index < -0.39 is 0 Å². The molecule has 6 rings (SSSR count). The Labute approximate surface area is 161 Å². The molecule has 1 N–H and O–H groups in total. The van der Waals surface area contributed by atoms with Crippen LogP contribution < -0.4 is 0 Å². The molecule has 0 aliphatic heterocycles. The highest BCUT2D eigenvalue weighted by Crippen LogP contribution is 2.40. The standard InChI is InChI=1S/C26H16FN/c27-23-15-17-8-2-1-7-16(17)13-21(23)22-14-18-9-3-4-10-19(18)25-20-11-5-6-12-24(20)28-26(22)25/h1-15,28H. The zero-order chi connectivity index (χ0) is 18.7. The van der Waals surface area contributed by atoms with Gasteiger partial charge in [0.05, 0.1) is 5.52 Å². The first kappa shape index (κ1) is 15.4. The predicted octanol–water partition coefficient (Wildman–Crippen LogP) is 7.43. The van der Waals surface area contributed by atoms with Gasteiger partial charge in [0.25, 0.3) is 0 Å². The van der Waals surface area contributed by atoms with Gasteiger partial charge in [0.2, 0.25) is 0 Å². The van der Waals surface area contributed by atoms with E-state index in [0.29, 0.717) is 5.56 Å². The molecule has 0 fully saturated rings. The first-order chi connectivity index (χ1) is 13.8. The van der Waals surface area contributed by atoms with Gasteiger partial charge in [-0.1, -0.05) is 66.7 Å². The minimum Gasteiger partial charge on any atom is -0.354 e. The van der Waals surface area contributed by atoms with E-state index in [2.05, 4.69) is 41.4 Å². The van der Waals surface area contributed by atoms with E-state index in [1.165, 1.54) is 5.39 Å². The van der Waals surface area contributed by atoms with E-state index in [0.717, 1.165) is 43.5 Å². The predicted molar refractivity (Wildman–Crippen MR) is 116 cm³/mol.